The molecule has 1 aliphatic carbocycles. The van der Waals surface area contributed by atoms with Gasteiger partial charge in [-0.3, -0.25) is 4.79 Å². The van der Waals surface area contributed by atoms with Crippen molar-refractivity contribution in [2.45, 2.75) is 70.5 Å². The summed E-state index contributed by atoms with van der Waals surface area (Å²) >= 11 is 12.2. The molecule has 2 fully saturated rings. The van der Waals surface area contributed by atoms with E-state index in [4.69, 9.17) is 28.2 Å². The molecule has 8 heteroatoms. The first-order valence-corrected chi connectivity index (χ1v) is 13.8. The highest BCUT2D eigenvalue weighted by molar-refractivity contribution is 6.35. The third-order valence-corrected chi connectivity index (χ3v) is 7.60. The minimum absolute atomic E-state index is 0.104. The summed E-state index contributed by atoms with van der Waals surface area (Å²) in [6.45, 7) is 6.80. The van der Waals surface area contributed by atoms with Crippen molar-refractivity contribution in [1.29, 1.82) is 0 Å². The number of hydrogen-bond donors (Lipinski definition) is 3. The normalized spacial score (nSPS) is 21.3. The maximum atomic E-state index is 12.7. The molecule has 194 valence electrons. The van der Waals surface area contributed by atoms with Crippen LogP contribution < -0.4 is 16.0 Å². The molecule has 6 nitrogen and oxygen atoms in total. The van der Waals surface area contributed by atoms with Crippen LogP contribution in [0.1, 0.15) is 61.9 Å². The van der Waals surface area contributed by atoms with Crippen LogP contribution in [0.15, 0.2) is 47.5 Å². The monoisotopic (exact) mass is 529 g/mol. The molecule has 2 aliphatic rings. The number of carbonyl (C=O) groups excluding carboxylic acids is 1. The van der Waals surface area contributed by atoms with E-state index in [2.05, 4.69) is 34.7 Å². The highest BCUT2D eigenvalue weighted by atomic mass is 35.5. The molecule has 1 aliphatic heterocycles. The molecule has 1 heterocycles. The maximum absolute atomic E-state index is 12.7. The fourth-order valence-corrected chi connectivity index (χ4v) is 5.35. The Morgan fingerprint density at radius 1 is 1.08 bits per heavy atom. The lowest BCUT2D eigenvalue weighted by Gasteiger charge is -2.40. The van der Waals surface area contributed by atoms with E-state index in [9.17, 15) is 4.79 Å². The summed E-state index contributed by atoms with van der Waals surface area (Å²) in [6.07, 6.45) is 6.77. The zero-order valence-electron chi connectivity index (χ0n) is 21.2. The van der Waals surface area contributed by atoms with Crippen molar-refractivity contribution in [3.63, 3.8) is 0 Å². The van der Waals surface area contributed by atoms with Gasteiger partial charge in [0, 0.05) is 53.0 Å². The predicted molar refractivity (Wildman–Crippen MR) is 151 cm³/mol. The van der Waals surface area contributed by atoms with Crippen molar-refractivity contribution in [2.24, 2.45) is 4.99 Å². The molecule has 36 heavy (non-hydrogen) atoms. The lowest BCUT2D eigenvalue weighted by Crippen LogP contribution is -2.58. The molecule has 2 atom stereocenters. The van der Waals surface area contributed by atoms with Crippen LogP contribution in [0.25, 0.3) is 0 Å². The third-order valence-electron chi connectivity index (χ3n) is 7.01. The number of nitrogens with zero attached hydrogens (tertiary/aromatic N) is 2. The zero-order chi connectivity index (χ0) is 25.5. The first-order valence-electron chi connectivity index (χ1n) is 13.1. The standard InChI is InChI=1S/C28H37Cl2N5O/c1-19-18-35(20(2)17-32-19)28(33-24-6-4-3-5-7-24)34-25-12-9-22(10-13-25)27(36)31-15-14-21-8-11-23(29)16-26(21)30/h8-13,16,19-20,24,32H,3-7,14-15,17-18H2,1-2H3,(H,31,36)(H,33,34)/t19-,20+/m0/s1. The Kier molecular flexibility index (Phi) is 9.52. The Labute approximate surface area is 224 Å². The molecular formula is C28H37Cl2N5O. The van der Waals surface area contributed by atoms with E-state index in [0.717, 1.165) is 43.1 Å². The second-order valence-corrected chi connectivity index (χ2v) is 10.8. The van der Waals surface area contributed by atoms with Gasteiger partial charge in [-0.25, -0.2) is 4.99 Å². The van der Waals surface area contributed by atoms with Gasteiger partial charge in [0.05, 0.1) is 6.04 Å². The number of aliphatic imine (C=N–C) groups is 1. The molecule has 0 bridgehead atoms. The average molecular weight is 531 g/mol. The first kappa shape index (κ1) is 26.8. The molecule has 0 aromatic heterocycles. The summed E-state index contributed by atoms with van der Waals surface area (Å²) in [5.74, 6) is 0.840. The number of nitrogens with one attached hydrogen (secondary N) is 3. The summed E-state index contributed by atoms with van der Waals surface area (Å²) in [6, 6.07) is 14.2. The number of hydrogen-bond acceptors (Lipinski definition) is 3. The van der Waals surface area contributed by atoms with Crippen LogP contribution in [0, 0.1) is 0 Å². The fraction of sp³-hybridized carbons (Fsp3) is 0.500. The number of amides is 1. The van der Waals surface area contributed by atoms with Crippen molar-refractivity contribution in [3.8, 4) is 0 Å². The zero-order valence-corrected chi connectivity index (χ0v) is 22.7. The molecule has 1 saturated carbocycles. The molecule has 1 saturated heterocycles. The minimum atomic E-state index is -0.104. The Morgan fingerprint density at radius 2 is 1.83 bits per heavy atom. The van der Waals surface area contributed by atoms with Gasteiger partial charge in [-0.1, -0.05) is 48.5 Å². The van der Waals surface area contributed by atoms with Gasteiger partial charge in [0.2, 0.25) is 0 Å². The van der Waals surface area contributed by atoms with Crippen molar-refractivity contribution < 1.29 is 4.79 Å². The van der Waals surface area contributed by atoms with Gasteiger partial charge in [0.25, 0.3) is 5.91 Å². The molecule has 2 aromatic carbocycles. The van der Waals surface area contributed by atoms with Gasteiger partial charge in [0.15, 0.2) is 5.96 Å². The molecule has 0 unspecified atom stereocenters. The van der Waals surface area contributed by atoms with Crippen LogP contribution in [-0.4, -0.2) is 54.5 Å². The number of guanidine groups is 1. The van der Waals surface area contributed by atoms with Crippen molar-refractivity contribution in [1.82, 2.24) is 15.5 Å². The SMILES string of the molecule is C[C@@H]1CN[C@@H](C)CN1C(=NC1CCCCC1)Nc1ccc(C(=O)NCCc2ccc(Cl)cc2Cl)cc1. The summed E-state index contributed by atoms with van der Waals surface area (Å²) in [7, 11) is 0. The van der Waals surface area contributed by atoms with Crippen molar-refractivity contribution >= 4 is 40.8 Å². The Bertz CT molecular complexity index is 1050. The number of rotatable bonds is 6. The maximum Gasteiger partial charge on any atom is 0.251 e. The molecule has 3 N–H and O–H groups in total. The van der Waals surface area contributed by atoms with Gasteiger partial charge >= 0.3 is 0 Å². The second kappa shape index (κ2) is 12.8. The summed E-state index contributed by atoms with van der Waals surface area (Å²) in [5, 5.41) is 11.3. The number of anilines is 1. The number of piperazine rings is 1. The second-order valence-electron chi connectivity index (χ2n) is 10.00. The van der Waals surface area contributed by atoms with E-state index in [1.54, 1.807) is 6.07 Å². The first-order chi connectivity index (χ1) is 17.4. The minimum Gasteiger partial charge on any atom is -0.352 e. The van der Waals surface area contributed by atoms with E-state index in [-0.39, 0.29) is 5.91 Å². The summed E-state index contributed by atoms with van der Waals surface area (Å²) in [4.78, 5) is 20.2. The number of halogens is 2. The molecule has 4 rings (SSSR count). The average Bonchev–Trinajstić information content (AvgIpc) is 2.87. The van der Waals surface area contributed by atoms with Crippen LogP contribution in [0.3, 0.4) is 0 Å². The molecule has 2 aromatic rings. The third kappa shape index (κ3) is 7.37. The van der Waals surface area contributed by atoms with Crippen LogP contribution in [-0.2, 0) is 6.42 Å². The molecule has 1 amide bonds. The van der Waals surface area contributed by atoms with Gasteiger partial charge in [-0.2, -0.15) is 0 Å². The van der Waals surface area contributed by atoms with Crippen LogP contribution in [0.4, 0.5) is 5.69 Å². The summed E-state index contributed by atoms with van der Waals surface area (Å²) < 4.78 is 0. The van der Waals surface area contributed by atoms with E-state index < -0.39 is 0 Å². The lowest BCUT2D eigenvalue weighted by molar-refractivity contribution is 0.0954. The van der Waals surface area contributed by atoms with E-state index in [0.29, 0.717) is 46.7 Å². The predicted octanol–water partition coefficient (Wildman–Crippen LogP) is 5.75. The molecule has 0 radical (unpaired) electrons. The quantitative estimate of drug-likeness (QED) is 0.329. The van der Waals surface area contributed by atoms with Crippen molar-refractivity contribution in [2.75, 3.05) is 25.0 Å². The molecule has 0 spiro atoms. The van der Waals surface area contributed by atoms with Crippen molar-refractivity contribution in [3.05, 3.63) is 63.6 Å². The van der Waals surface area contributed by atoms with Gasteiger partial charge in [-0.05, 0) is 75.1 Å². The molecular weight excluding hydrogens is 493 g/mol. The van der Waals surface area contributed by atoms with Crippen LogP contribution in [0.5, 0.6) is 0 Å². The fourth-order valence-electron chi connectivity index (χ4n) is 4.85. The Morgan fingerprint density at radius 3 is 2.56 bits per heavy atom. The Hall–Kier alpha value is -2.28. The highest BCUT2D eigenvalue weighted by Crippen LogP contribution is 2.23. The smallest absolute Gasteiger partial charge is 0.251 e. The summed E-state index contributed by atoms with van der Waals surface area (Å²) in [5.41, 5.74) is 2.52. The number of benzene rings is 2. The van der Waals surface area contributed by atoms with Crippen LogP contribution in [0.2, 0.25) is 10.0 Å². The van der Waals surface area contributed by atoms with E-state index in [1.165, 1.54) is 19.3 Å². The Balaban J connectivity index is 1.39. The van der Waals surface area contributed by atoms with Gasteiger partial charge in [0.1, 0.15) is 0 Å². The van der Waals surface area contributed by atoms with E-state index in [1.807, 2.05) is 36.4 Å². The number of carbonyl (C=O) groups is 1. The van der Waals surface area contributed by atoms with E-state index >= 15 is 0 Å². The topological polar surface area (TPSA) is 68.8 Å². The van der Waals surface area contributed by atoms with Gasteiger partial charge in [-0.15, -0.1) is 0 Å². The van der Waals surface area contributed by atoms with Crippen LogP contribution >= 0.6 is 23.2 Å². The lowest BCUT2D eigenvalue weighted by atomic mass is 9.96. The largest absolute Gasteiger partial charge is 0.352 e. The van der Waals surface area contributed by atoms with Gasteiger partial charge < -0.3 is 20.9 Å². The highest BCUT2D eigenvalue weighted by Gasteiger charge is 2.26.